The second-order valence-electron chi connectivity index (χ2n) is 9.01. The zero-order valence-corrected chi connectivity index (χ0v) is 20.7. The van der Waals surface area contributed by atoms with Gasteiger partial charge < -0.3 is 5.32 Å². The van der Waals surface area contributed by atoms with Crippen LogP contribution in [0.2, 0.25) is 0 Å². The van der Waals surface area contributed by atoms with E-state index in [2.05, 4.69) is 33.0 Å². The molecule has 0 bridgehead atoms. The molecule has 0 unspecified atom stereocenters. The minimum absolute atomic E-state index is 0. The first kappa shape index (κ1) is 28.2. The SMILES string of the molecule is CCCCCCCCCCNCCCCCCCCCC(C)(C)C.[Na]. The van der Waals surface area contributed by atoms with E-state index in [-0.39, 0.29) is 29.6 Å². The first-order valence-electron chi connectivity index (χ1n) is 11.3. The molecule has 0 aliphatic heterocycles. The molecule has 0 heterocycles. The van der Waals surface area contributed by atoms with Crippen LogP contribution < -0.4 is 5.32 Å². The minimum atomic E-state index is 0. The first-order valence-corrected chi connectivity index (χ1v) is 11.3. The van der Waals surface area contributed by atoms with Gasteiger partial charge in [-0.25, -0.2) is 0 Å². The van der Waals surface area contributed by atoms with Crippen LogP contribution in [0.1, 0.15) is 130 Å². The Bertz CT molecular complexity index is 235. The fraction of sp³-hybridized carbons (Fsp3) is 1.00. The van der Waals surface area contributed by atoms with Crippen LogP contribution in [0.25, 0.3) is 0 Å². The molecule has 0 aromatic rings. The Balaban J connectivity index is 0. The zero-order chi connectivity index (χ0) is 17.9. The van der Waals surface area contributed by atoms with Crippen molar-refractivity contribution in [1.82, 2.24) is 5.32 Å². The summed E-state index contributed by atoms with van der Waals surface area (Å²) in [5, 5.41) is 3.62. The summed E-state index contributed by atoms with van der Waals surface area (Å²) in [6.07, 6.45) is 22.8. The Morgan fingerprint density at radius 2 is 0.880 bits per heavy atom. The molecule has 147 valence electrons. The largest absolute Gasteiger partial charge is 0.317 e. The Morgan fingerprint density at radius 3 is 1.28 bits per heavy atom. The summed E-state index contributed by atoms with van der Waals surface area (Å²) >= 11 is 0. The van der Waals surface area contributed by atoms with E-state index in [1.165, 1.54) is 116 Å². The molecule has 0 amide bonds. The van der Waals surface area contributed by atoms with Gasteiger partial charge in [0.2, 0.25) is 0 Å². The third kappa shape index (κ3) is 27.3. The standard InChI is InChI=1S/C23H49N.Na/c1-5-6-7-8-9-12-15-18-21-24-22-19-16-13-10-11-14-17-20-23(2,3)4;/h24H,5-22H2,1-4H3;. The molecule has 1 radical (unpaired) electrons. The normalized spacial score (nSPS) is 11.5. The third-order valence-electron chi connectivity index (χ3n) is 4.99. The summed E-state index contributed by atoms with van der Waals surface area (Å²) in [4.78, 5) is 0. The van der Waals surface area contributed by atoms with Crippen LogP contribution in [0, 0.1) is 5.41 Å². The second kappa shape index (κ2) is 21.3. The molecule has 0 aliphatic carbocycles. The maximum absolute atomic E-state index is 3.62. The van der Waals surface area contributed by atoms with Crippen molar-refractivity contribution >= 4 is 29.6 Å². The van der Waals surface area contributed by atoms with Gasteiger partial charge in [-0.3, -0.25) is 0 Å². The minimum Gasteiger partial charge on any atom is -0.317 e. The van der Waals surface area contributed by atoms with Gasteiger partial charge in [0.05, 0.1) is 0 Å². The summed E-state index contributed by atoms with van der Waals surface area (Å²) < 4.78 is 0. The van der Waals surface area contributed by atoms with Crippen molar-refractivity contribution in [2.45, 2.75) is 130 Å². The molecule has 0 saturated heterocycles. The molecule has 0 spiro atoms. The Kier molecular flexibility index (Phi) is 24.0. The number of hydrogen-bond acceptors (Lipinski definition) is 1. The maximum atomic E-state index is 3.62. The molecule has 0 rings (SSSR count). The van der Waals surface area contributed by atoms with Gasteiger partial charge in [0.15, 0.2) is 0 Å². The van der Waals surface area contributed by atoms with E-state index in [9.17, 15) is 0 Å². The molecule has 0 aromatic heterocycles. The zero-order valence-electron chi connectivity index (χ0n) is 18.7. The van der Waals surface area contributed by atoms with Crippen LogP contribution in [0.15, 0.2) is 0 Å². The van der Waals surface area contributed by atoms with Crippen molar-refractivity contribution < 1.29 is 0 Å². The summed E-state index contributed by atoms with van der Waals surface area (Å²) in [7, 11) is 0. The van der Waals surface area contributed by atoms with E-state index in [1.54, 1.807) is 0 Å². The molecule has 0 saturated carbocycles. The van der Waals surface area contributed by atoms with Crippen LogP contribution in [0.3, 0.4) is 0 Å². The Labute approximate surface area is 183 Å². The fourth-order valence-corrected chi connectivity index (χ4v) is 3.30. The van der Waals surface area contributed by atoms with E-state index in [0.29, 0.717) is 5.41 Å². The molecular formula is C23H49NNa. The number of rotatable bonds is 18. The van der Waals surface area contributed by atoms with Gasteiger partial charge >= 0.3 is 0 Å². The van der Waals surface area contributed by atoms with E-state index >= 15 is 0 Å². The van der Waals surface area contributed by atoms with Crippen LogP contribution in [-0.4, -0.2) is 42.6 Å². The second-order valence-corrected chi connectivity index (χ2v) is 9.01. The molecule has 0 aromatic carbocycles. The van der Waals surface area contributed by atoms with Gasteiger partial charge in [0, 0.05) is 29.6 Å². The van der Waals surface area contributed by atoms with Crippen molar-refractivity contribution in [3.8, 4) is 0 Å². The van der Waals surface area contributed by atoms with Gasteiger partial charge in [-0.1, -0.05) is 111 Å². The molecule has 25 heavy (non-hydrogen) atoms. The predicted octanol–water partition coefficient (Wildman–Crippen LogP) is 7.50. The van der Waals surface area contributed by atoms with Gasteiger partial charge in [-0.2, -0.15) is 0 Å². The van der Waals surface area contributed by atoms with Crippen molar-refractivity contribution in [1.29, 1.82) is 0 Å². The first-order chi connectivity index (χ1) is 11.6. The average molecular weight is 363 g/mol. The molecular weight excluding hydrogens is 313 g/mol. The average Bonchev–Trinajstić information content (AvgIpc) is 2.52. The molecule has 0 fully saturated rings. The van der Waals surface area contributed by atoms with E-state index in [0.717, 1.165) is 0 Å². The van der Waals surface area contributed by atoms with Crippen LogP contribution >= 0.6 is 0 Å². The van der Waals surface area contributed by atoms with E-state index < -0.39 is 0 Å². The quantitative estimate of drug-likeness (QED) is 0.196. The van der Waals surface area contributed by atoms with Gasteiger partial charge in [-0.15, -0.1) is 0 Å². The van der Waals surface area contributed by atoms with Crippen molar-refractivity contribution in [2.24, 2.45) is 5.41 Å². The predicted molar refractivity (Wildman–Crippen MR) is 118 cm³/mol. The van der Waals surface area contributed by atoms with E-state index in [4.69, 9.17) is 0 Å². The van der Waals surface area contributed by atoms with Crippen molar-refractivity contribution in [3.63, 3.8) is 0 Å². The third-order valence-corrected chi connectivity index (χ3v) is 4.99. The number of unbranched alkanes of at least 4 members (excludes halogenated alkanes) is 13. The van der Waals surface area contributed by atoms with Gasteiger partial charge in [0.1, 0.15) is 0 Å². The summed E-state index contributed by atoms with van der Waals surface area (Å²) in [5.41, 5.74) is 0.528. The Hall–Kier alpha value is 0.960. The molecule has 0 aliphatic rings. The maximum Gasteiger partial charge on any atom is 0 e. The van der Waals surface area contributed by atoms with Crippen molar-refractivity contribution in [3.05, 3.63) is 0 Å². The molecule has 2 heteroatoms. The van der Waals surface area contributed by atoms with Gasteiger partial charge in [0.25, 0.3) is 0 Å². The summed E-state index contributed by atoms with van der Waals surface area (Å²) in [6, 6.07) is 0. The molecule has 1 nitrogen and oxygen atoms in total. The number of hydrogen-bond donors (Lipinski definition) is 1. The van der Waals surface area contributed by atoms with Crippen LogP contribution in [0.5, 0.6) is 0 Å². The smallest absolute Gasteiger partial charge is 0 e. The topological polar surface area (TPSA) is 12.0 Å². The summed E-state index contributed by atoms with van der Waals surface area (Å²) in [5.74, 6) is 0. The van der Waals surface area contributed by atoms with Crippen molar-refractivity contribution in [2.75, 3.05) is 13.1 Å². The van der Waals surface area contributed by atoms with Crippen LogP contribution in [0.4, 0.5) is 0 Å². The van der Waals surface area contributed by atoms with Gasteiger partial charge in [-0.05, 0) is 37.8 Å². The number of nitrogens with one attached hydrogen (secondary N) is 1. The van der Waals surface area contributed by atoms with E-state index in [1.807, 2.05) is 0 Å². The molecule has 0 atom stereocenters. The Morgan fingerprint density at radius 1 is 0.520 bits per heavy atom. The monoisotopic (exact) mass is 362 g/mol. The fourth-order valence-electron chi connectivity index (χ4n) is 3.30. The van der Waals surface area contributed by atoms with Crippen LogP contribution in [-0.2, 0) is 0 Å². The summed E-state index contributed by atoms with van der Waals surface area (Å²) in [6.45, 7) is 11.8. The molecule has 1 N–H and O–H groups in total.